The van der Waals surface area contributed by atoms with E-state index in [1.54, 1.807) is 44.4 Å². The van der Waals surface area contributed by atoms with E-state index in [1.807, 2.05) is 30.3 Å². The summed E-state index contributed by atoms with van der Waals surface area (Å²) < 4.78 is 76.9. The van der Waals surface area contributed by atoms with Crippen molar-refractivity contribution in [2.24, 2.45) is 0 Å². The van der Waals surface area contributed by atoms with Crippen LogP contribution in [-0.2, 0) is 52.2 Å². The first-order valence-electron chi connectivity index (χ1n) is 22.4. The Morgan fingerprint density at radius 1 is 0.957 bits per heavy atom. The molecule has 0 saturated carbocycles. The van der Waals surface area contributed by atoms with Crippen LogP contribution in [0.15, 0.2) is 71.8 Å². The normalized spacial score (nSPS) is 15.5. The van der Waals surface area contributed by atoms with Crippen LogP contribution in [0.3, 0.4) is 0 Å². The van der Waals surface area contributed by atoms with Gasteiger partial charge >= 0.3 is 12.3 Å². The number of carbonyl (C=O) groups excluding carboxylic acids is 3. The summed E-state index contributed by atoms with van der Waals surface area (Å²) in [5.41, 5.74) is -0.329. The van der Waals surface area contributed by atoms with Crippen molar-refractivity contribution in [2.45, 2.75) is 78.2 Å². The lowest BCUT2D eigenvalue weighted by molar-refractivity contribution is -0.137. The smallest absolute Gasteiger partial charge is 0.416 e. The maximum atomic E-state index is 16.4. The monoisotopic (exact) mass is 986 g/mol. The van der Waals surface area contributed by atoms with Crippen molar-refractivity contribution in [3.8, 4) is 17.1 Å². The molecule has 3 aromatic heterocycles. The molecule has 70 heavy (non-hydrogen) atoms. The summed E-state index contributed by atoms with van der Waals surface area (Å²) in [6.45, 7) is 9.42. The van der Waals surface area contributed by atoms with Gasteiger partial charge in [0.15, 0.2) is 17.3 Å². The molecule has 0 bridgehead atoms. The molecule has 0 atom stereocenters. The minimum atomic E-state index is -4.67. The third-order valence-electron chi connectivity index (χ3n) is 12.3. The number of rotatable bonds is 10. The summed E-state index contributed by atoms with van der Waals surface area (Å²) in [4.78, 5) is 73.5. The molecule has 2 saturated heterocycles. The van der Waals surface area contributed by atoms with Gasteiger partial charge in [0.25, 0.3) is 11.5 Å². The van der Waals surface area contributed by atoms with Crippen LogP contribution in [0.1, 0.15) is 71.8 Å². The van der Waals surface area contributed by atoms with Crippen LogP contribution in [-0.4, -0.2) is 102 Å². The molecule has 3 aromatic carbocycles. The first-order valence-corrected chi connectivity index (χ1v) is 22.8. The lowest BCUT2D eigenvalue weighted by Gasteiger charge is -2.47. The summed E-state index contributed by atoms with van der Waals surface area (Å²) in [5.74, 6) is -1.91. The Kier molecular flexibility index (Phi) is 12.5. The number of piperazine rings is 1. The highest BCUT2D eigenvalue weighted by molar-refractivity contribution is 6.33. The molecule has 0 radical (unpaired) electrons. The van der Waals surface area contributed by atoms with Gasteiger partial charge in [-0.15, -0.1) is 5.10 Å². The van der Waals surface area contributed by atoms with E-state index in [2.05, 4.69) is 25.4 Å². The van der Waals surface area contributed by atoms with Crippen molar-refractivity contribution < 1.29 is 46.2 Å². The van der Waals surface area contributed by atoms with Crippen LogP contribution >= 0.6 is 11.6 Å². The molecular weight excluding hydrogens is 940 g/mol. The van der Waals surface area contributed by atoms with Crippen molar-refractivity contribution in [1.29, 1.82) is 0 Å². The molecule has 3 aliphatic rings. The van der Waals surface area contributed by atoms with Gasteiger partial charge in [0.05, 0.1) is 52.9 Å². The molecule has 17 nitrogen and oxygen atoms in total. The van der Waals surface area contributed by atoms with Crippen LogP contribution in [0, 0.1) is 12.7 Å². The second-order valence-electron chi connectivity index (χ2n) is 18.2. The van der Waals surface area contributed by atoms with Crippen molar-refractivity contribution in [3.63, 3.8) is 0 Å². The van der Waals surface area contributed by atoms with Crippen LogP contribution < -0.4 is 20.5 Å². The zero-order chi connectivity index (χ0) is 49.9. The largest absolute Gasteiger partial charge is 0.485 e. The Morgan fingerprint density at radius 3 is 2.36 bits per heavy atom. The fourth-order valence-corrected chi connectivity index (χ4v) is 9.11. The number of benzene rings is 3. The first-order chi connectivity index (χ1) is 33.2. The fourth-order valence-electron chi connectivity index (χ4n) is 8.88. The zero-order valence-corrected chi connectivity index (χ0v) is 39.5. The highest BCUT2D eigenvalue weighted by atomic mass is 35.5. The Hall–Kier alpha value is -7.13. The number of fused-ring (bicyclic) bond motifs is 3. The molecule has 6 heterocycles. The van der Waals surface area contributed by atoms with E-state index in [0.717, 1.165) is 22.2 Å². The lowest BCUT2D eigenvalue weighted by atomic mass is 9.85. The van der Waals surface area contributed by atoms with Crippen molar-refractivity contribution in [3.05, 3.63) is 128 Å². The number of likely N-dealkylation sites (tertiary alicyclic amines) is 1. The number of carbonyl (C=O) groups is 3. The van der Waals surface area contributed by atoms with Crippen LogP contribution in [0.2, 0.25) is 5.02 Å². The second-order valence-corrected chi connectivity index (χ2v) is 18.6. The summed E-state index contributed by atoms with van der Waals surface area (Å²) in [7, 11) is 0. The lowest BCUT2D eigenvalue weighted by Crippen LogP contribution is -2.61. The Balaban J connectivity index is 1.03. The Bertz CT molecular complexity index is 3110. The number of hydrogen-bond donors (Lipinski definition) is 1. The van der Waals surface area contributed by atoms with Gasteiger partial charge in [-0.05, 0) is 81.1 Å². The van der Waals surface area contributed by atoms with E-state index in [0.29, 0.717) is 28.6 Å². The van der Waals surface area contributed by atoms with Gasteiger partial charge in [0.2, 0.25) is 11.7 Å². The third kappa shape index (κ3) is 9.22. The summed E-state index contributed by atoms with van der Waals surface area (Å²) >= 11 is 6.21. The number of nitrogens with one attached hydrogen (secondary N) is 1. The quantitative estimate of drug-likeness (QED) is 0.137. The van der Waals surface area contributed by atoms with E-state index >= 15 is 4.39 Å². The van der Waals surface area contributed by atoms with Gasteiger partial charge in [-0.1, -0.05) is 48.9 Å². The molecule has 366 valence electrons. The number of amides is 3. The number of hydrogen-bond acceptors (Lipinski definition) is 12. The van der Waals surface area contributed by atoms with Gasteiger partial charge in [-0.25, -0.2) is 19.2 Å². The molecule has 3 amide bonds. The maximum Gasteiger partial charge on any atom is 0.416 e. The van der Waals surface area contributed by atoms with Crippen LogP contribution in [0.25, 0.3) is 17.2 Å². The topological polar surface area (TPSA) is 179 Å². The molecule has 22 heteroatoms. The molecular formula is C48H47ClF4N10O7. The highest BCUT2D eigenvalue weighted by Crippen LogP contribution is 2.45. The van der Waals surface area contributed by atoms with Gasteiger partial charge in [0.1, 0.15) is 42.2 Å². The molecule has 2 fully saturated rings. The van der Waals surface area contributed by atoms with E-state index in [-0.39, 0.29) is 104 Å². The SMILES string of the molecule is CCc1c(N2CCN(C(=O)c3ncnc(C)c3OCc3ccccc3)CC2)c(=O)n2nc(-c3cc4c(cc3F)C3(CN(C(=O)OC(C)(C)C)C3)OC4)nc2n1CC(=O)Nc1ccc(C(F)(F)F)cc1Cl. The number of aromatic nitrogens is 6. The molecule has 1 spiro atoms. The molecule has 6 aromatic rings. The average molecular weight is 987 g/mol. The Morgan fingerprint density at radius 2 is 1.69 bits per heavy atom. The van der Waals surface area contributed by atoms with Crippen molar-refractivity contribution >= 4 is 46.7 Å². The standard InChI is InChI=1S/C48H47ClF4N10O7/c1-6-36-39(59-14-16-60(17-15-59)42(65)38-40(27(2)54-26-55-38)68-22-28-10-8-7-9-11-28)43(66)63-44(62(36)21-37(64)56-35-13-12-30(19-33(35)49)48(51,52)53)57-41(58-63)31-18-29-23-69-47(32(29)20-34(31)50)24-61(25-47)45(67)70-46(3,4)5/h7-13,18-20,26H,6,14-17,21-25H2,1-5H3,(H,56,64). The first kappa shape index (κ1) is 47.9. The zero-order valence-electron chi connectivity index (χ0n) is 38.7. The molecule has 0 aliphatic carbocycles. The minimum Gasteiger partial charge on any atom is -0.485 e. The molecule has 1 N–H and O–H groups in total. The predicted octanol–water partition coefficient (Wildman–Crippen LogP) is 7.19. The summed E-state index contributed by atoms with van der Waals surface area (Å²) in [5, 5.41) is 6.73. The Labute approximate surface area is 402 Å². The predicted molar refractivity (Wildman–Crippen MR) is 247 cm³/mol. The fraction of sp³-hybridized carbons (Fsp3) is 0.375. The van der Waals surface area contributed by atoms with Crippen molar-refractivity contribution in [1.82, 2.24) is 38.9 Å². The van der Waals surface area contributed by atoms with Gasteiger partial charge < -0.3 is 38.8 Å². The molecule has 3 aliphatic heterocycles. The number of anilines is 2. The maximum absolute atomic E-state index is 16.4. The van der Waals surface area contributed by atoms with Gasteiger partial charge in [0, 0.05) is 26.2 Å². The van der Waals surface area contributed by atoms with E-state index in [4.69, 9.17) is 25.8 Å². The van der Waals surface area contributed by atoms with E-state index < -0.39 is 58.8 Å². The van der Waals surface area contributed by atoms with Gasteiger partial charge in [-0.2, -0.15) is 22.7 Å². The molecule has 0 unspecified atom stereocenters. The second kappa shape index (κ2) is 18.3. The van der Waals surface area contributed by atoms with E-state index in [1.165, 1.54) is 27.9 Å². The van der Waals surface area contributed by atoms with Crippen molar-refractivity contribution in [2.75, 3.05) is 49.5 Å². The van der Waals surface area contributed by atoms with E-state index in [9.17, 15) is 32.3 Å². The molecule has 9 rings (SSSR count). The number of aryl methyl sites for hydroxylation is 1. The average Bonchev–Trinajstić information content (AvgIpc) is 3.91. The number of nitrogens with zero attached hydrogens (tertiary/aromatic N) is 9. The van der Waals surface area contributed by atoms with Crippen LogP contribution in [0.4, 0.5) is 33.7 Å². The summed E-state index contributed by atoms with van der Waals surface area (Å²) in [6, 6.07) is 14.8. The minimum absolute atomic E-state index is 0.0582. The summed E-state index contributed by atoms with van der Waals surface area (Å²) in [6.07, 6.45) is -3.73. The third-order valence-corrected chi connectivity index (χ3v) is 12.6. The van der Waals surface area contributed by atoms with Crippen LogP contribution in [0.5, 0.6) is 5.75 Å². The number of ether oxygens (including phenoxy) is 3. The number of alkyl halides is 3. The van der Waals surface area contributed by atoms with Gasteiger partial charge in [-0.3, -0.25) is 14.4 Å². The highest BCUT2D eigenvalue weighted by Gasteiger charge is 2.53. The number of halogens is 5.